The van der Waals surface area contributed by atoms with Crippen molar-refractivity contribution >= 4 is 35.1 Å². The summed E-state index contributed by atoms with van der Waals surface area (Å²) < 4.78 is 23.6. The molecule has 0 saturated heterocycles. The third-order valence-electron chi connectivity index (χ3n) is 2.51. The average Bonchev–Trinajstić information content (AvgIpc) is 3.21. The van der Waals surface area contributed by atoms with Gasteiger partial charge in [-0.05, 0) is 0 Å². The van der Waals surface area contributed by atoms with Crippen LogP contribution in [-0.2, 0) is 0 Å². The lowest BCUT2D eigenvalue weighted by atomic mass is 10.3. The molecule has 132 valence electrons. The van der Waals surface area contributed by atoms with E-state index in [9.17, 15) is 8.78 Å². The molecule has 0 spiro atoms. The summed E-state index contributed by atoms with van der Waals surface area (Å²) >= 11 is 2.79. The molecule has 11 heteroatoms. The Morgan fingerprint density at radius 1 is 1.09 bits per heavy atom. The van der Waals surface area contributed by atoms with Gasteiger partial charge in [-0.1, -0.05) is 0 Å². The van der Waals surface area contributed by atoms with E-state index >= 15 is 0 Å². The molecule has 0 aliphatic carbocycles. The first-order valence-electron chi connectivity index (χ1n) is 6.34. The van der Waals surface area contributed by atoms with Crippen molar-refractivity contribution in [2.45, 2.75) is 18.5 Å². The molecule has 23 heavy (non-hydrogen) atoms. The number of thiazole rings is 2. The van der Waals surface area contributed by atoms with Gasteiger partial charge in [0.25, 0.3) is 6.43 Å². The summed E-state index contributed by atoms with van der Waals surface area (Å²) in [5, 5.41) is 20.0. The number of rotatable bonds is 7. The van der Waals surface area contributed by atoms with Gasteiger partial charge < -0.3 is 21.3 Å². The second-order valence-electron chi connectivity index (χ2n) is 4.13. The molecule has 2 aromatic heterocycles. The Kier molecular flexibility index (Phi) is 12.2. The third-order valence-corrected chi connectivity index (χ3v) is 4.31. The van der Waals surface area contributed by atoms with E-state index in [1.165, 1.54) is 22.7 Å². The first-order chi connectivity index (χ1) is 10.6. The number of nitrogens with two attached hydrogens (primary N) is 1. The van der Waals surface area contributed by atoms with Gasteiger partial charge in [0, 0.05) is 22.1 Å². The van der Waals surface area contributed by atoms with Crippen LogP contribution in [0.25, 0.3) is 0 Å². The molecule has 0 bridgehead atoms. The molecule has 5 N–H and O–H groups in total. The number of alkyl halides is 2. The van der Waals surface area contributed by atoms with E-state index in [0.29, 0.717) is 0 Å². The van der Waals surface area contributed by atoms with Crippen LogP contribution in [0, 0.1) is 0 Å². The van der Waals surface area contributed by atoms with Gasteiger partial charge in [-0.25, -0.2) is 8.78 Å². The Hall–Kier alpha value is -0.750. The van der Waals surface area contributed by atoms with Crippen molar-refractivity contribution in [2.75, 3.05) is 19.8 Å². The Bertz CT molecular complexity index is 491. The lowest BCUT2D eigenvalue weighted by molar-refractivity contribution is 0.134. The van der Waals surface area contributed by atoms with Gasteiger partial charge in [0.1, 0.15) is 0 Å². The first-order valence-corrected chi connectivity index (χ1v) is 8.10. The standard InChI is InChI=1S/C7H10F2N2OS.C5H8N2OS.ClH/c8-7(9)2-11-5(3-12)6-1-10-4-13-6;6-4(2-8)5-1-7-3-9-5;/h1,4-5,7,11-12H,2-3H2;1,3-4,8H,2,6H2;1H. The molecule has 2 heterocycles. The van der Waals surface area contributed by atoms with Crippen molar-refractivity contribution in [3.8, 4) is 0 Å². The lowest BCUT2D eigenvalue weighted by Crippen LogP contribution is -2.28. The van der Waals surface area contributed by atoms with Gasteiger partial charge >= 0.3 is 0 Å². The van der Waals surface area contributed by atoms with Gasteiger partial charge in [-0.3, -0.25) is 9.97 Å². The van der Waals surface area contributed by atoms with Crippen LogP contribution >= 0.6 is 35.1 Å². The van der Waals surface area contributed by atoms with E-state index in [-0.39, 0.29) is 31.7 Å². The summed E-state index contributed by atoms with van der Waals surface area (Å²) in [6.45, 7) is -0.625. The van der Waals surface area contributed by atoms with Crippen LogP contribution in [0.1, 0.15) is 21.8 Å². The molecular weight excluding hydrogens is 370 g/mol. The van der Waals surface area contributed by atoms with Crippen molar-refractivity contribution in [1.29, 1.82) is 0 Å². The van der Waals surface area contributed by atoms with E-state index < -0.39 is 19.0 Å². The van der Waals surface area contributed by atoms with Crippen LogP contribution in [0.15, 0.2) is 23.4 Å². The summed E-state index contributed by atoms with van der Waals surface area (Å²) in [6, 6.07) is -0.681. The largest absolute Gasteiger partial charge is 0.394 e. The number of aliphatic hydroxyl groups is 2. The van der Waals surface area contributed by atoms with Crippen molar-refractivity contribution in [2.24, 2.45) is 5.73 Å². The molecule has 0 aliphatic heterocycles. The first kappa shape index (κ1) is 22.2. The highest BCUT2D eigenvalue weighted by molar-refractivity contribution is 7.09. The Balaban J connectivity index is 0.000000427. The van der Waals surface area contributed by atoms with E-state index in [2.05, 4.69) is 15.3 Å². The lowest BCUT2D eigenvalue weighted by Gasteiger charge is -2.13. The maximum Gasteiger partial charge on any atom is 0.250 e. The molecule has 0 fully saturated rings. The molecule has 0 aliphatic rings. The number of nitrogens with zero attached hydrogens (tertiary/aromatic N) is 2. The predicted octanol–water partition coefficient (Wildman–Crippen LogP) is 1.59. The molecule has 2 aromatic rings. The highest BCUT2D eigenvalue weighted by Crippen LogP contribution is 2.16. The molecule has 0 saturated carbocycles. The molecule has 2 rings (SSSR count). The zero-order valence-corrected chi connectivity index (χ0v) is 14.5. The number of nitrogens with one attached hydrogen (secondary N) is 1. The van der Waals surface area contributed by atoms with E-state index in [1.54, 1.807) is 23.4 Å². The normalized spacial score (nSPS) is 13.0. The molecule has 0 radical (unpaired) electrons. The molecule has 2 unspecified atom stereocenters. The molecular formula is C12H19ClF2N4O2S2. The SMILES string of the molecule is Cl.NC(CO)c1cncs1.OCC(NCC(F)F)c1cncs1. The van der Waals surface area contributed by atoms with Crippen molar-refractivity contribution < 1.29 is 19.0 Å². The second kappa shape index (κ2) is 12.6. The smallest absolute Gasteiger partial charge is 0.250 e. The topological polar surface area (TPSA) is 104 Å². The highest BCUT2D eigenvalue weighted by atomic mass is 35.5. The summed E-state index contributed by atoms with van der Waals surface area (Å²) in [7, 11) is 0. The van der Waals surface area contributed by atoms with Gasteiger partial charge in [0.05, 0.1) is 42.9 Å². The summed E-state index contributed by atoms with van der Waals surface area (Å²) in [4.78, 5) is 9.31. The number of hydrogen-bond donors (Lipinski definition) is 4. The van der Waals surface area contributed by atoms with Crippen LogP contribution in [0.4, 0.5) is 8.78 Å². The van der Waals surface area contributed by atoms with Gasteiger partial charge in [0.2, 0.25) is 0 Å². The maximum atomic E-state index is 11.8. The number of aliphatic hydroxyl groups excluding tert-OH is 2. The highest BCUT2D eigenvalue weighted by Gasteiger charge is 2.13. The number of halogens is 3. The second-order valence-corrected chi connectivity index (χ2v) is 5.97. The van der Waals surface area contributed by atoms with Crippen LogP contribution in [0.5, 0.6) is 0 Å². The Labute approximate surface area is 146 Å². The van der Waals surface area contributed by atoms with Gasteiger partial charge in [-0.2, -0.15) is 0 Å². The molecule has 0 aromatic carbocycles. The fraction of sp³-hybridized carbons (Fsp3) is 0.500. The van der Waals surface area contributed by atoms with Gasteiger partial charge in [-0.15, -0.1) is 35.1 Å². The van der Waals surface area contributed by atoms with E-state index in [4.69, 9.17) is 15.9 Å². The summed E-state index contributed by atoms with van der Waals surface area (Å²) in [5.74, 6) is 0. The minimum atomic E-state index is -2.40. The monoisotopic (exact) mass is 388 g/mol. The molecule has 6 nitrogen and oxygen atoms in total. The quantitative estimate of drug-likeness (QED) is 0.574. The predicted molar refractivity (Wildman–Crippen MR) is 89.3 cm³/mol. The summed E-state index contributed by atoms with van der Waals surface area (Å²) in [5.41, 5.74) is 8.76. The van der Waals surface area contributed by atoms with Crippen LogP contribution in [0.3, 0.4) is 0 Å². The minimum absolute atomic E-state index is 0. The average molecular weight is 389 g/mol. The van der Waals surface area contributed by atoms with Crippen molar-refractivity contribution in [3.05, 3.63) is 33.2 Å². The Morgan fingerprint density at radius 2 is 1.65 bits per heavy atom. The number of aromatic nitrogens is 2. The van der Waals surface area contributed by atoms with E-state index in [0.717, 1.165) is 9.75 Å². The van der Waals surface area contributed by atoms with Crippen LogP contribution in [0.2, 0.25) is 0 Å². The zero-order valence-electron chi connectivity index (χ0n) is 12.0. The summed E-state index contributed by atoms with van der Waals surface area (Å²) in [6.07, 6.45) is 0.831. The third kappa shape index (κ3) is 8.61. The Morgan fingerprint density at radius 3 is 2.04 bits per heavy atom. The number of hydrogen-bond acceptors (Lipinski definition) is 8. The fourth-order valence-corrected chi connectivity index (χ4v) is 2.68. The van der Waals surface area contributed by atoms with Crippen LogP contribution < -0.4 is 11.1 Å². The van der Waals surface area contributed by atoms with Gasteiger partial charge in [0.15, 0.2) is 0 Å². The van der Waals surface area contributed by atoms with Crippen molar-refractivity contribution in [3.63, 3.8) is 0 Å². The van der Waals surface area contributed by atoms with E-state index in [1.807, 2.05) is 0 Å². The minimum Gasteiger partial charge on any atom is -0.394 e. The fourth-order valence-electron chi connectivity index (χ4n) is 1.38. The van der Waals surface area contributed by atoms with Crippen molar-refractivity contribution in [1.82, 2.24) is 15.3 Å². The maximum absolute atomic E-state index is 11.8. The van der Waals surface area contributed by atoms with Crippen LogP contribution in [-0.4, -0.2) is 46.4 Å². The zero-order chi connectivity index (χ0) is 16.4. The molecule has 0 amide bonds. The molecule has 2 atom stereocenters.